The molecule has 15 heavy (non-hydrogen) atoms. The Bertz CT molecular complexity index is 195. The number of nitrogens with zero attached hydrogens (tertiary/aromatic N) is 1. The van der Waals surface area contributed by atoms with Crippen LogP contribution in [0.5, 0.6) is 0 Å². The molecule has 2 nitrogen and oxygen atoms in total. The zero-order valence-electron chi connectivity index (χ0n) is 9.97. The molecule has 1 fully saturated rings. The molecule has 2 heteroatoms. The number of nitrogens with one attached hydrogen (secondary N) is 1. The molecule has 0 aromatic heterocycles. The first-order chi connectivity index (χ1) is 7.36. The molecule has 0 aromatic carbocycles. The highest BCUT2D eigenvalue weighted by atomic mass is 15.1. The Hall–Kier alpha value is -0.520. The molecule has 1 rings (SSSR count). The second-order valence-corrected chi connectivity index (χ2v) is 4.43. The van der Waals surface area contributed by atoms with Crippen LogP contribution in [0.1, 0.15) is 32.6 Å². The van der Waals surface area contributed by atoms with E-state index in [0.29, 0.717) is 6.54 Å². The van der Waals surface area contributed by atoms with Crippen molar-refractivity contribution in [2.24, 2.45) is 5.92 Å². The first kappa shape index (κ1) is 12.5. The van der Waals surface area contributed by atoms with Crippen LogP contribution in [0.2, 0.25) is 0 Å². The molecule has 0 bridgehead atoms. The van der Waals surface area contributed by atoms with Gasteiger partial charge in [-0.15, -0.1) is 6.42 Å². The molecular weight excluding hydrogens is 184 g/mol. The molecule has 1 aliphatic rings. The second-order valence-electron chi connectivity index (χ2n) is 4.43. The summed E-state index contributed by atoms with van der Waals surface area (Å²) in [5.41, 5.74) is 0. The van der Waals surface area contributed by atoms with Crippen LogP contribution in [0, 0.1) is 18.3 Å². The predicted octanol–water partition coefficient (Wildman–Crippen LogP) is 1.72. The number of hydrogen-bond acceptors (Lipinski definition) is 2. The van der Waals surface area contributed by atoms with E-state index in [4.69, 9.17) is 6.42 Å². The molecule has 1 N–H and O–H groups in total. The van der Waals surface area contributed by atoms with E-state index in [2.05, 4.69) is 23.1 Å². The maximum atomic E-state index is 5.18. The average molecular weight is 208 g/mol. The van der Waals surface area contributed by atoms with Crippen LogP contribution in [0.3, 0.4) is 0 Å². The van der Waals surface area contributed by atoms with Gasteiger partial charge < -0.3 is 10.2 Å². The largest absolute Gasteiger partial charge is 0.305 e. The van der Waals surface area contributed by atoms with Crippen LogP contribution in [0.15, 0.2) is 0 Å². The summed E-state index contributed by atoms with van der Waals surface area (Å²) in [4.78, 5) is 2.57. The molecule has 0 aromatic rings. The number of terminal acetylenes is 1. The van der Waals surface area contributed by atoms with Gasteiger partial charge >= 0.3 is 0 Å². The third kappa shape index (κ3) is 5.20. The number of likely N-dealkylation sites (tertiary alicyclic amines) is 1. The van der Waals surface area contributed by atoms with Crippen molar-refractivity contribution in [2.45, 2.75) is 32.6 Å². The molecule has 86 valence electrons. The lowest BCUT2D eigenvalue weighted by atomic mass is 9.98. The Kier molecular flexibility index (Phi) is 6.47. The summed E-state index contributed by atoms with van der Waals surface area (Å²) in [7, 11) is 0. The predicted molar refractivity (Wildman–Crippen MR) is 65.8 cm³/mol. The molecule has 0 aliphatic carbocycles. The second kappa shape index (κ2) is 7.73. The first-order valence-electron chi connectivity index (χ1n) is 6.23. The minimum atomic E-state index is 0.700. The van der Waals surface area contributed by atoms with Crippen molar-refractivity contribution in [1.29, 1.82) is 0 Å². The molecule has 1 aliphatic heterocycles. The van der Waals surface area contributed by atoms with Crippen LogP contribution in [0.25, 0.3) is 0 Å². The van der Waals surface area contributed by atoms with Crippen LogP contribution >= 0.6 is 0 Å². The molecule has 1 heterocycles. The molecule has 0 radical (unpaired) electrons. The topological polar surface area (TPSA) is 15.3 Å². The fourth-order valence-electron chi connectivity index (χ4n) is 2.25. The Morgan fingerprint density at radius 1 is 1.40 bits per heavy atom. The fourth-order valence-corrected chi connectivity index (χ4v) is 2.25. The summed E-state index contributed by atoms with van der Waals surface area (Å²) in [5.74, 6) is 3.57. The third-order valence-electron chi connectivity index (χ3n) is 3.35. The van der Waals surface area contributed by atoms with Crippen molar-refractivity contribution in [3.63, 3.8) is 0 Å². The van der Waals surface area contributed by atoms with Gasteiger partial charge in [0.2, 0.25) is 0 Å². The monoisotopic (exact) mass is 208 g/mol. The summed E-state index contributed by atoms with van der Waals surface area (Å²) in [6.45, 7) is 7.74. The minimum Gasteiger partial charge on any atom is -0.305 e. The highest BCUT2D eigenvalue weighted by Crippen LogP contribution is 2.19. The highest BCUT2D eigenvalue weighted by Gasteiger charge is 2.14. The molecule has 0 saturated carbocycles. The number of rotatable bonds is 5. The van der Waals surface area contributed by atoms with Gasteiger partial charge in [0.1, 0.15) is 0 Å². The van der Waals surface area contributed by atoms with Crippen LogP contribution in [-0.2, 0) is 0 Å². The summed E-state index contributed by atoms with van der Waals surface area (Å²) in [6, 6.07) is 0. The smallest absolute Gasteiger partial charge is 0.0574 e. The summed E-state index contributed by atoms with van der Waals surface area (Å²) >= 11 is 0. The van der Waals surface area contributed by atoms with Gasteiger partial charge in [-0.2, -0.15) is 0 Å². The van der Waals surface area contributed by atoms with Gasteiger partial charge in [-0.05, 0) is 38.3 Å². The van der Waals surface area contributed by atoms with Crippen molar-refractivity contribution in [3.8, 4) is 12.3 Å². The Morgan fingerprint density at radius 3 is 3.00 bits per heavy atom. The van der Waals surface area contributed by atoms with Crippen LogP contribution in [0.4, 0.5) is 0 Å². The Morgan fingerprint density at radius 2 is 2.27 bits per heavy atom. The summed E-state index contributed by atoms with van der Waals surface area (Å²) < 4.78 is 0. The van der Waals surface area contributed by atoms with Gasteiger partial charge in [-0.1, -0.05) is 19.3 Å². The van der Waals surface area contributed by atoms with Gasteiger partial charge in [-0.3, -0.25) is 0 Å². The van der Waals surface area contributed by atoms with E-state index >= 15 is 0 Å². The van der Waals surface area contributed by atoms with Crippen LogP contribution in [-0.4, -0.2) is 37.6 Å². The summed E-state index contributed by atoms with van der Waals surface area (Å²) in [5, 5.41) is 3.25. The van der Waals surface area contributed by atoms with E-state index in [1.54, 1.807) is 0 Å². The maximum Gasteiger partial charge on any atom is 0.0574 e. The van der Waals surface area contributed by atoms with Crippen molar-refractivity contribution in [1.82, 2.24) is 10.2 Å². The van der Waals surface area contributed by atoms with E-state index in [1.807, 2.05) is 0 Å². The summed E-state index contributed by atoms with van der Waals surface area (Å²) in [6.07, 6.45) is 10.7. The van der Waals surface area contributed by atoms with E-state index in [0.717, 1.165) is 19.0 Å². The SMILES string of the molecule is C#CCNCCN1CCCC(CC)CC1. The Balaban J connectivity index is 2.12. The van der Waals surface area contributed by atoms with Gasteiger partial charge in [0, 0.05) is 13.1 Å². The number of hydrogen-bond donors (Lipinski definition) is 1. The maximum absolute atomic E-state index is 5.18. The molecule has 1 unspecified atom stereocenters. The van der Waals surface area contributed by atoms with E-state index in [1.165, 1.54) is 38.8 Å². The zero-order chi connectivity index (χ0) is 10.9. The van der Waals surface area contributed by atoms with Crippen molar-refractivity contribution in [3.05, 3.63) is 0 Å². The van der Waals surface area contributed by atoms with Gasteiger partial charge in [0.05, 0.1) is 6.54 Å². The first-order valence-corrected chi connectivity index (χ1v) is 6.23. The lowest BCUT2D eigenvalue weighted by molar-refractivity contribution is 0.281. The van der Waals surface area contributed by atoms with Gasteiger partial charge in [0.15, 0.2) is 0 Å². The average Bonchev–Trinajstić information content (AvgIpc) is 2.49. The lowest BCUT2D eigenvalue weighted by Crippen LogP contribution is -2.33. The van der Waals surface area contributed by atoms with Crippen LogP contribution < -0.4 is 5.32 Å². The molecule has 1 saturated heterocycles. The fraction of sp³-hybridized carbons (Fsp3) is 0.846. The minimum absolute atomic E-state index is 0.700. The quantitative estimate of drug-likeness (QED) is 0.547. The van der Waals surface area contributed by atoms with Crippen molar-refractivity contribution < 1.29 is 0 Å². The lowest BCUT2D eigenvalue weighted by Gasteiger charge is -2.19. The van der Waals surface area contributed by atoms with E-state index in [9.17, 15) is 0 Å². The van der Waals surface area contributed by atoms with E-state index < -0.39 is 0 Å². The van der Waals surface area contributed by atoms with E-state index in [-0.39, 0.29) is 0 Å². The van der Waals surface area contributed by atoms with Gasteiger partial charge in [-0.25, -0.2) is 0 Å². The van der Waals surface area contributed by atoms with Crippen molar-refractivity contribution in [2.75, 3.05) is 32.7 Å². The Labute approximate surface area is 94.4 Å². The molecule has 1 atom stereocenters. The molecule has 0 spiro atoms. The molecular formula is C13H24N2. The normalized spacial score (nSPS) is 23.3. The molecule has 0 amide bonds. The third-order valence-corrected chi connectivity index (χ3v) is 3.35. The highest BCUT2D eigenvalue weighted by molar-refractivity contribution is 4.86. The standard InChI is InChI=1S/C13H24N2/c1-3-8-14-9-12-15-10-5-6-13(4-2)7-11-15/h1,13-14H,4-12H2,2H3. The van der Waals surface area contributed by atoms with Crippen molar-refractivity contribution >= 4 is 0 Å². The van der Waals surface area contributed by atoms with Gasteiger partial charge in [0.25, 0.3) is 0 Å². The zero-order valence-corrected chi connectivity index (χ0v) is 9.97.